The number of nitrogens with zero attached hydrogens (tertiary/aromatic N) is 1. The fourth-order valence-corrected chi connectivity index (χ4v) is 2.25. The van der Waals surface area contributed by atoms with E-state index in [9.17, 15) is 13.2 Å². The van der Waals surface area contributed by atoms with Crippen LogP contribution < -0.4 is 0 Å². The van der Waals surface area contributed by atoms with Gasteiger partial charge in [0.15, 0.2) is 17.5 Å². The predicted molar refractivity (Wildman–Crippen MR) is 72.2 cm³/mol. The Balaban J connectivity index is 2.36. The molecule has 0 spiro atoms. The number of hydrogen-bond donors (Lipinski definition) is 1. The summed E-state index contributed by atoms with van der Waals surface area (Å²) in [5, 5.41) is 7.97. The Bertz CT molecular complexity index is 851. The molecule has 3 rings (SSSR count). The van der Waals surface area contributed by atoms with Crippen molar-refractivity contribution in [2.45, 2.75) is 0 Å². The molecule has 1 aromatic heterocycles. The summed E-state index contributed by atoms with van der Waals surface area (Å²) < 4.78 is 40.1. The average Bonchev–Trinajstić information content (AvgIpc) is 2.45. The zero-order chi connectivity index (χ0) is 14.3. The van der Waals surface area contributed by atoms with Crippen molar-refractivity contribution < 1.29 is 13.2 Å². The van der Waals surface area contributed by atoms with Crippen molar-refractivity contribution in [3.05, 3.63) is 58.5 Å². The summed E-state index contributed by atoms with van der Waals surface area (Å²) in [5.74, 6) is -4.01. The Labute approximate surface area is 116 Å². The second-order valence-corrected chi connectivity index (χ2v) is 4.61. The van der Waals surface area contributed by atoms with Crippen LogP contribution in [0.3, 0.4) is 0 Å². The molecular formula is C14H7F3N2S. The monoisotopic (exact) mass is 292 g/mol. The molecule has 0 fully saturated rings. The van der Waals surface area contributed by atoms with Gasteiger partial charge < -0.3 is 0 Å². The fourth-order valence-electron chi connectivity index (χ4n) is 2.03. The van der Waals surface area contributed by atoms with Crippen LogP contribution >= 0.6 is 12.2 Å². The molecule has 1 heterocycles. The van der Waals surface area contributed by atoms with Crippen molar-refractivity contribution in [1.29, 1.82) is 0 Å². The van der Waals surface area contributed by atoms with Crippen molar-refractivity contribution in [1.82, 2.24) is 10.2 Å². The summed E-state index contributed by atoms with van der Waals surface area (Å²) in [6.45, 7) is 0. The number of halogens is 3. The third-order valence-corrected chi connectivity index (χ3v) is 3.26. The van der Waals surface area contributed by atoms with Gasteiger partial charge in [-0.3, -0.25) is 5.10 Å². The zero-order valence-corrected chi connectivity index (χ0v) is 10.8. The number of aromatic amines is 1. The largest absolute Gasteiger partial charge is 0.267 e. The molecule has 2 nitrogen and oxygen atoms in total. The van der Waals surface area contributed by atoms with Crippen LogP contribution in [-0.4, -0.2) is 10.2 Å². The molecule has 0 saturated carbocycles. The van der Waals surface area contributed by atoms with Gasteiger partial charge in [-0.15, -0.1) is 0 Å². The molecule has 2 aromatic carbocycles. The predicted octanol–water partition coefficient (Wildman–Crippen LogP) is 4.38. The highest BCUT2D eigenvalue weighted by Gasteiger charge is 2.14. The van der Waals surface area contributed by atoms with E-state index in [0.717, 1.165) is 12.1 Å². The van der Waals surface area contributed by atoms with Crippen molar-refractivity contribution in [2.75, 3.05) is 0 Å². The lowest BCUT2D eigenvalue weighted by atomic mass is 10.0. The Morgan fingerprint density at radius 2 is 1.55 bits per heavy atom. The fraction of sp³-hybridized carbons (Fsp3) is 0. The van der Waals surface area contributed by atoms with Gasteiger partial charge >= 0.3 is 0 Å². The van der Waals surface area contributed by atoms with E-state index in [1.807, 2.05) is 0 Å². The molecule has 0 amide bonds. The molecule has 0 unspecified atom stereocenters. The number of rotatable bonds is 1. The number of H-pyrrole nitrogens is 1. The topological polar surface area (TPSA) is 28.7 Å². The Kier molecular flexibility index (Phi) is 3.02. The molecule has 6 heteroatoms. The number of aromatic nitrogens is 2. The maximum Gasteiger partial charge on any atom is 0.194 e. The van der Waals surface area contributed by atoms with Gasteiger partial charge in [-0.1, -0.05) is 36.5 Å². The third-order valence-electron chi connectivity index (χ3n) is 2.95. The number of nitrogens with one attached hydrogen (secondary N) is 1. The van der Waals surface area contributed by atoms with Crippen molar-refractivity contribution >= 4 is 23.0 Å². The van der Waals surface area contributed by atoms with Gasteiger partial charge in [0.1, 0.15) is 4.64 Å². The lowest BCUT2D eigenvalue weighted by Gasteiger charge is -2.06. The second kappa shape index (κ2) is 4.72. The van der Waals surface area contributed by atoms with E-state index in [-0.39, 0.29) is 5.56 Å². The Morgan fingerprint density at radius 3 is 2.20 bits per heavy atom. The van der Waals surface area contributed by atoms with Crippen LogP contribution in [0, 0.1) is 22.1 Å². The summed E-state index contributed by atoms with van der Waals surface area (Å²) in [5.41, 5.74) is 0.454. The third kappa shape index (κ3) is 1.98. The minimum Gasteiger partial charge on any atom is -0.267 e. The van der Waals surface area contributed by atoms with Gasteiger partial charge in [0, 0.05) is 16.3 Å². The highest BCUT2D eigenvalue weighted by Crippen LogP contribution is 2.28. The lowest BCUT2D eigenvalue weighted by molar-refractivity contribution is 0.447. The van der Waals surface area contributed by atoms with Crippen LogP contribution in [0.2, 0.25) is 0 Å². The quantitative estimate of drug-likeness (QED) is 0.532. The van der Waals surface area contributed by atoms with Crippen LogP contribution in [0.25, 0.3) is 22.0 Å². The SMILES string of the molecule is Fc1cc(-c2n[nH]c(=S)c3ccccc23)cc(F)c1F. The van der Waals surface area contributed by atoms with Gasteiger partial charge in [0.05, 0.1) is 5.69 Å². The van der Waals surface area contributed by atoms with E-state index >= 15 is 0 Å². The summed E-state index contributed by atoms with van der Waals surface area (Å²) in [4.78, 5) is 0. The van der Waals surface area contributed by atoms with Gasteiger partial charge in [-0.25, -0.2) is 13.2 Å². The van der Waals surface area contributed by atoms with Crippen LogP contribution in [0.1, 0.15) is 0 Å². The van der Waals surface area contributed by atoms with Crippen molar-refractivity contribution in [3.63, 3.8) is 0 Å². The summed E-state index contributed by atoms with van der Waals surface area (Å²) in [6, 6.07) is 8.88. The minimum absolute atomic E-state index is 0.142. The summed E-state index contributed by atoms with van der Waals surface area (Å²) in [6.07, 6.45) is 0. The van der Waals surface area contributed by atoms with E-state index in [0.29, 0.717) is 21.1 Å². The summed E-state index contributed by atoms with van der Waals surface area (Å²) in [7, 11) is 0. The standard InChI is InChI=1S/C14H7F3N2S/c15-10-5-7(6-11(16)12(10)17)13-8-3-1-2-4-9(8)14(20)19-18-13/h1-6H,(H,19,20). The highest BCUT2D eigenvalue weighted by molar-refractivity contribution is 7.71. The summed E-state index contributed by atoms with van der Waals surface area (Å²) >= 11 is 5.11. The maximum absolute atomic E-state index is 13.3. The molecule has 0 saturated heterocycles. The van der Waals surface area contributed by atoms with Crippen molar-refractivity contribution in [3.8, 4) is 11.3 Å². The van der Waals surface area contributed by atoms with Gasteiger partial charge in [0.25, 0.3) is 0 Å². The molecule has 0 radical (unpaired) electrons. The second-order valence-electron chi connectivity index (χ2n) is 4.20. The molecule has 0 aliphatic rings. The minimum atomic E-state index is -1.50. The first-order valence-corrected chi connectivity index (χ1v) is 6.11. The number of benzene rings is 2. The van der Waals surface area contributed by atoms with Crippen LogP contribution in [0.15, 0.2) is 36.4 Å². The van der Waals surface area contributed by atoms with E-state index in [1.54, 1.807) is 24.3 Å². The lowest BCUT2D eigenvalue weighted by Crippen LogP contribution is -1.96. The van der Waals surface area contributed by atoms with E-state index < -0.39 is 17.5 Å². The normalized spacial score (nSPS) is 10.9. The number of hydrogen-bond acceptors (Lipinski definition) is 2. The van der Waals surface area contributed by atoms with Crippen LogP contribution in [0.4, 0.5) is 13.2 Å². The van der Waals surface area contributed by atoms with Gasteiger partial charge in [0.2, 0.25) is 0 Å². The molecule has 0 atom stereocenters. The molecular weight excluding hydrogens is 285 g/mol. The molecule has 3 aromatic rings. The molecule has 100 valence electrons. The zero-order valence-electron chi connectivity index (χ0n) is 9.95. The maximum atomic E-state index is 13.3. The molecule has 20 heavy (non-hydrogen) atoms. The first kappa shape index (κ1) is 12.8. The van der Waals surface area contributed by atoms with E-state index in [4.69, 9.17) is 12.2 Å². The van der Waals surface area contributed by atoms with Crippen molar-refractivity contribution in [2.24, 2.45) is 0 Å². The molecule has 1 N–H and O–H groups in total. The smallest absolute Gasteiger partial charge is 0.194 e. The average molecular weight is 292 g/mol. The van der Waals surface area contributed by atoms with E-state index in [1.165, 1.54) is 0 Å². The Hall–Kier alpha value is -2.21. The first-order chi connectivity index (χ1) is 9.58. The van der Waals surface area contributed by atoms with E-state index in [2.05, 4.69) is 10.2 Å². The molecule has 0 aliphatic heterocycles. The first-order valence-electron chi connectivity index (χ1n) is 5.70. The van der Waals surface area contributed by atoms with Crippen LogP contribution in [0.5, 0.6) is 0 Å². The van der Waals surface area contributed by atoms with Gasteiger partial charge in [-0.05, 0) is 12.1 Å². The molecule has 0 bridgehead atoms. The Morgan fingerprint density at radius 1 is 0.950 bits per heavy atom. The van der Waals surface area contributed by atoms with Crippen LogP contribution in [-0.2, 0) is 0 Å². The molecule has 0 aliphatic carbocycles. The number of fused-ring (bicyclic) bond motifs is 1. The van der Waals surface area contributed by atoms with Gasteiger partial charge in [-0.2, -0.15) is 5.10 Å². The highest BCUT2D eigenvalue weighted by atomic mass is 32.1.